The molecule has 0 aliphatic heterocycles. The minimum atomic E-state index is -4.96. The Bertz CT molecular complexity index is 1650. The third kappa shape index (κ3) is 4.76. The number of nitrogens with zero attached hydrogens (tertiary/aromatic N) is 2. The van der Waals surface area contributed by atoms with Crippen molar-refractivity contribution in [3.8, 4) is 28.1 Å². The van der Waals surface area contributed by atoms with Crippen LogP contribution in [0, 0.1) is 13.8 Å². The van der Waals surface area contributed by atoms with Gasteiger partial charge in [0, 0.05) is 18.0 Å². The van der Waals surface area contributed by atoms with E-state index in [9.17, 15) is 27.6 Å². The van der Waals surface area contributed by atoms with E-state index >= 15 is 0 Å². The van der Waals surface area contributed by atoms with Gasteiger partial charge in [-0.1, -0.05) is 6.07 Å². The van der Waals surface area contributed by atoms with Crippen LogP contribution in [-0.4, -0.2) is 33.1 Å². The first-order valence-corrected chi connectivity index (χ1v) is 11.8. The molecule has 12 heteroatoms. The number of methoxy groups -OCH3 is 1. The normalized spacial score (nSPS) is 12.5. The molecule has 0 aliphatic rings. The number of carbonyl (C=O) groups excluding carboxylic acids is 1. The highest BCUT2D eigenvalue weighted by molar-refractivity contribution is 7.13. The molecule has 1 N–H and O–H groups in total. The highest BCUT2D eigenvalue weighted by Crippen LogP contribution is 2.41. The molecule has 1 unspecified atom stereocenters. The van der Waals surface area contributed by atoms with Gasteiger partial charge in [-0.3, -0.25) is 14.3 Å². The van der Waals surface area contributed by atoms with Gasteiger partial charge in [-0.05, 0) is 73.3 Å². The lowest BCUT2D eigenvalue weighted by Gasteiger charge is -2.17. The maximum absolute atomic E-state index is 13.9. The van der Waals surface area contributed by atoms with Crippen LogP contribution in [0.5, 0.6) is 5.75 Å². The van der Waals surface area contributed by atoms with Gasteiger partial charge in [-0.2, -0.15) is 17.5 Å². The molecule has 194 valence electrons. The lowest BCUT2D eigenvalue weighted by Crippen LogP contribution is -2.35. The summed E-state index contributed by atoms with van der Waals surface area (Å²) in [6.07, 6.45) is -5.88. The number of alkyl halides is 3. The summed E-state index contributed by atoms with van der Waals surface area (Å²) in [6, 6.07) is 7.94. The fourth-order valence-corrected chi connectivity index (χ4v) is 4.75. The number of aromatic nitrogens is 3. The van der Waals surface area contributed by atoms with Crippen molar-refractivity contribution in [2.45, 2.75) is 33.1 Å². The number of aromatic amines is 1. The van der Waals surface area contributed by atoms with E-state index in [0.29, 0.717) is 31.7 Å². The fourth-order valence-electron chi connectivity index (χ4n) is 3.99. The van der Waals surface area contributed by atoms with Crippen LogP contribution in [0.1, 0.15) is 23.7 Å². The van der Waals surface area contributed by atoms with Crippen LogP contribution in [0.3, 0.4) is 0 Å². The topological polar surface area (TPSA) is 103 Å². The maximum Gasteiger partial charge on any atom is 0.432 e. The molecular formula is C25H22F3N3O5S. The van der Waals surface area contributed by atoms with Gasteiger partial charge in [0.25, 0.3) is 5.56 Å². The van der Waals surface area contributed by atoms with Crippen LogP contribution in [-0.2, 0) is 22.8 Å². The summed E-state index contributed by atoms with van der Waals surface area (Å²) in [5, 5.41) is 0.475. The quantitative estimate of drug-likeness (QED) is 0.377. The number of halogens is 3. The molecule has 0 aliphatic carbocycles. The van der Waals surface area contributed by atoms with Crippen molar-refractivity contribution < 1.29 is 27.4 Å². The first kappa shape index (κ1) is 26.1. The van der Waals surface area contributed by atoms with Crippen molar-refractivity contribution in [3.63, 3.8) is 0 Å². The number of aryl methyl sites for hydroxylation is 2. The second-order valence-electron chi connectivity index (χ2n) is 8.50. The summed E-state index contributed by atoms with van der Waals surface area (Å²) < 4.78 is 57.9. The molecule has 0 saturated heterocycles. The molecule has 1 atom stereocenters. The average molecular weight is 534 g/mol. The summed E-state index contributed by atoms with van der Waals surface area (Å²) in [6.45, 7) is 5.29. The number of esters is 1. The summed E-state index contributed by atoms with van der Waals surface area (Å²) in [7, 11) is 2.19. The summed E-state index contributed by atoms with van der Waals surface area (Å²) in [4.78, 5) is 38.4. The van der Waals surface area contributed by atoms with Gasteiger partial charge in [0.15, 0.2) is 6.10 Å². The second kappa shape index (κ2) is 9.51. The van der Waals surface area contributed by atoms with Crippen LogP contribution in [0.25, 0.3) is 32.5 Å². The third-order valence-corrected chi connectivity index (χ3v) is 6.87. The Kier molecular flexibility index (Phi) is 6.72. The third-order valence-electron chi connectivity index (χ3n) is 6.04. The van der Waals surface area contributed by atoms with Crippen molar-refractivity contribution in [1.29, 1.82) is 0 Å². The first-order valence-electron chi connectivity index (χ1n) is 11.0. The highest BCUT2D eigenvalue weighted by atomic mass is 32.1. The molecule has 2 aromatic heterocycles. The molecule has 0 bridgehead atoms. The van der Waals surface area contributed by atoms with Gasteiger partial charge in [0.1, 0.15) is 11.4 Å². The first-order chi connectivity index (χ1) is 17.3. The summed E-state index contributed by atoms with van der Waals surface area (Å²) >= 11 is 1.12. The molecule has 0 amide bonds. The molecular weight excluding hydrogens is 511 g/mol. The number of rotatable bonds is 5. The lowest BCUT2D eigenvalue weighted by atomic mass is 9.98. The largest absolute Gasteiger partial charge is 0.478 e. The Labute approximate surface area is 212 Å². The molecule has 8 nitrogen and oxygen atoms in total. The average Bonchev–Trinajstić information content (AvgIpc) is 3.25. The number of nitrogens with one attached hydrogen (secondary N) is 1. The number of hydrogen-bond donors (Lipinski definition) is 1. The Morgan fingerprint density at radius 2 is 1.81 bits per heavy atom. The number of hydrogen-bond acceptors (Lipinski definition) is 7. The van der Waals surface area contributed by atoms with Crippen LogP contribution < -0.4 is 16.0 Å². The maximum atomic E-state index is 13.9. The number of H-pyrrole nitrogens is 1. The lowest BCUT2D eigenvalue weighted by molar-refractivity contribution is -0.148. The van der Waals surface area contributed by atoms with Gasteiger partial charge >= 0.3 is 17.8 Å². The smallest absolute Gasteiger partial charge is 0.432 e. The Balaban J connectivity index is 1.97. The highest BCUT2D eigenvalue weighted by Gasteiger charge is 2.38. The number of fused-ring (bicyclic) bond motifs is 1. The summed E-state index contributed by atoms with van der Waals surface area (Å²) in [5.41, 5.74) is -1.66. The van der Waals surface area contributed by atoms with E-state index in [1.54, 1.807) is 12.1 Å². The van der Waals surface area contributed by atoms with E-state index in [0.717, 1.165) is 29.7 Å². The molecule has 4 rings (SSSR count). The van der Waals surface area contributed by atoms with Crippen molar-refractivity contribution in [2.75, 3.05) is 7.11 Å². The Morgan fingerprint density at radius 3 is 2.46 bits per heavy atom. The predicted molar refractivity (Wildman–Crippen MR) is 133 cm³/mol. The van der Waals surface area contributed by atoms with Gasteiger partial charge < -0.3 is 9.47 Å². The molecule has 0 saturated carbocycles. The zero-order valence-electron chi connectivity index (χ0n) is 20.4. The van der Waals surface area contributed by atoms with Crippen molar-refractivity contribution in [1.82, 2.24) is 13.9 Å². The Hall–Kier alpha value is -3.93. The zero-order valence-corrected chi connectivity index (χ0v) is 21.3. The number of ether oxygens (including phenoxy) is 2. The molecule has 0 spiro atoms. The van der Waals surface area contributed by atoms with Crippen LogP contribution in [0.15, 0.2) is 39.9 Å². The van der Waals surface area contributed by atoms with Gasteiger partial charge in [-0.25, -0.2) is 9.59 Å². The summed E-state index contributed by atoms with van der Waals surface area (Å²) in [5.74, 6) is -0.238. The SMILES string of the molecule is COC(=O)C(C)Oc1cc(C)c(C)cc1-c1nsc2ccc(-c3c(C(F)(F)F)n(C)c(=O)[nH]c3=O)cc12. The van der Waals surface area contributed by atoms with Gasteiger partial charge in [0.2, 0.25) is 0 Å². The van der Waals surface area contributed by atoms with Gasteiger partial charge in [0.05, 0.1) is 23.1 Å². The van der Waals surface area contributed by atoms with Crippen molar-refractivity contribution >= 4 is 27.6 Å². The minimum Gasteiger partial charge on any atom is -0.478 e. The molecule has 0 fully saturated rings. The predicted octanol–water partition coefficient (Wildman–Crippen LogP) is 4.59. The molecule has 2 heterocycles. The van der Waals surface area contributed by atoms with E-state index in [2.05, 4.69) is 4.37 Å². The van der Waals surface area contributed by atoms with Crippen molar-refractivity contribution in [2.24, 2.45) is 7.05 Å². The van der Waals surface area contributed by atoms with E-state index in [1.165, 1.54) is 26.2 Å². The molecule has 0 radical (unpaired) electrons. The van der Waals surface area contributed by atoms with E-state index in [1.807, 2.05) is 24.9 Å². The van der Waals surface area contributed by atoms with Crippen LogP contribution >= 0.6 is 11.5 Å². The second-order valence-corrected chi connectivity index (χ2v) is 9.30. The number of carbonyl (C=O) groups is 1. The van der Waals surface area contributed by atoms with E-state index in [4.69, 9.17) is 9.47 Å². The monoisotopic (exact) mass is 533 g/mol. The Morgan fingerprint density at radius 1 is 1.14 bits per heavy atom. The van der Waals surface area contributed by atoms with Crippen LogP contribution in [0.4, 0.5) is 13.2 Å². The van der Waals surface area contributed by atoms with E-state index in [-0.39, 0.29) is 5.56 Å². The molecule has 37 heavy (non-hydrogen) atoms. The standard InChI is InChI=1S/C25H22F3N3O5S/c1-11-8-15(17(9-12(11)2)36-13(3)23(33)35-5)20-16-10-14(6-7-18(16)37-30-20)19-21(25(26,27)28)31(4)24(34)29-22(19)32/h6-10,13H,1-5H3,(H,29,32,34). The number of benzene rings is 2. The van der Waals surface area contributed by atoms with Gasteiger partial charge in [-0.15, -0.1) is 0 Å². The molecule has 4 aromatic rings. The fraction of sp³-hybridized carbons (Fsp3) is 0.280. The zero-order chi connectivity index (χ0) is 27.2. The molecule has 2 aromatic carbocycles. The minimum absolute atomic E-state index is 0.0349. The van der Waals surface area contributed by atoms with E-state index < -0.39 is 40.8 Å². The van der Waals surface area contributed by atoms with Crippen molar-refractivity contribution in [3.05, 3.63) is 68.0 Å². The van der Waals surface area contributed by atoms with Crippen LogP contribution in [0.2, 0.25) is 0 Å².